The van der Waals surface area contributed by atoms with Gasteiger partial charge in [0.25, 0.3) is 0 Å². The zero-order chi connectivity index (χ0) is 17.2. The fourth-order valence-corrected chi connectivity index (χ4v) is 2.29. The Morgan fingerprint density at radius 3 is 2.33 bits per heavy atom. The predicted molar refractivity (Wildman–Crippen MR) is 95.4 cm³/mol. The Morgan fingerprint density at radius 2 is 1.71 bits per heavy atom. The Balaban J connectivity index is 1.86. The molecule has 0 radical (unpaired) electrons. The number of alkyl halides is 1. The highest BCUT2D eigenvalue weighted by Crippen LogP contribution is 2.22. The Hall–Kier alpha value is -2.10. The molecule has 4 heteroatoms. The third-order valence-corrected chi connectivity index (χ3v) is 3.63. The minimum Gasteiger partial charge on any atom is -0.494 e. The number of unbranched alkanes of at least 4 members (excludes halogenated alkanes) is 3. The van der Waals surface area contributed by atoms with Gasteiger partial charge < -0.3 is 9.47 Å². The van der Waals surface area contributed by atoms with Gasteiger partial charge in [-0.05, 0) is 49.7 Å². The summed E-state index contributed by atoms with van der Waals surface area (Å²) in [6.45, 7) is 4.48. The molecule has 0 saturated carbocycles. The standard InChI is InChI=1S/C20H26FNO2/c1-3-4-5-6-13-23-18-9-7-17(8-10-18)20-12-11-19(14-22-20)24-15-16(2)21/h7-12,14,16H,3-6,13,15H2,1-2H3. The smallest absolute Gasteiger partial charge is 0.137 e. The number of rotatable bonds is 10. The Bertz CT molecular complexity index is 582. The highest BCUT2D eigenvalue weighted by Gasteiger charge is 2.03. The molecular formula is C20H26FNO2. The summed E-state index contributed by atoms with van der Waals surface area (Å²) in [5.41, 5.74) is 1.86. The van der Waals surface area contributed by atoms with Crippen molar-refractivity contribution >= 4 is 0 Å². The van der Waals surface area contributed by atoms with E-state index in [9.17, 15) is 4.39 Å². The maximum absolute atomic E-state index is 12.8. The van der Waals surface area contributed by atoms with Crippen LogP contribution in [0.25, 0.3) is 11.3 Å². The molecule has 24 heavy (non-hydrogen) atoms. The normalized spacial score (nSPS) is 12.0. The van der Waals surface area contributed by atoms with E-state index >= 15 is 0 Å². The van der Waals surface area contributed by atoms with Crippen LogP contribution in [0.1, 0.15) is 39.5 Å². The average molecular weight is 331 g/mol. The third-order valence-electron chi connectivity index (χ3n) is 3.63. The van der Waals surface area contributed by atoms with Crippen molar-refractivity contribution in [3.8, 4) is 22.8 Å². The van der Waals surface area contributed by atoms with Crippen LogP contribution in [0.2, 0.25) is 0 Å². The number of pyridine rings is 1. The molecule has 0 saturated heterocycles. The molecule has 130 valence electrons. The second kappa shape index (κ2) is 9.91. The number of halogens is 1. The molecule has 0 amide bonds. The lowest BCUT2D eigenvalue weighted by molar-refractivity contribution is 0.209. The maximum Gasteiger partial charge on any atom is 0.137 e. The van der Waals surface area contributed by atoms with Crippen LogP contribution in [0.15, 0.2) is 42.6 Å². The highest BCUT2D eigenvalue weighted by atomic mass is 19.1. The molecule has 1 aromatic carbocycles. The molecule has 0 spiro atoms. The zero-order valence-electron chi connectivity index (χ0n) is 14.5. The van der Waals surface area contributed by atoms with Crippen molar-refractivity contribution in [2.75, 3.05) is 13.2 Å². The van der Waals surface area contributed by atoms with Crippen molar-refractivity contribution in [3.63, 3.8) is 0 Å². The SMILES string of the molecule is CCCCCCOc1ccc(-c2ccc(OCC(C)F)cn2)cc1. The van der Waals surface area contributed by atoms with E-state index in [2.05, 4.69) is 11.9 Å². The van der Waals surface area contributed by atoms with Crippen LogP contribution in [-0.2, 0) is 0 Å². The quantitative estimate of drug-likeness (QED) is 0.543. The number of aromatic nitrogens is 1. The first-order chi connectivity index (χ1) is 11.7. The maximum atomic E-state index is 12.8. The van der Waals surface area contributed by atoms with E-state index in [1.54, 1.807) is 6.20 Å². The van der Waals surface area contributed by atoms with Crippen molar-refractivity contribution in [2.45, 2.75) is 45.7 Å². The number of hydrogen-bond acceptors (Lipinski definition) is 3. The van der Waals surface area contributed by atoms with Crippen LogP contribution in [-0.4, -0.2) is 24.4 Å². The number of nitrogens with zero attached hydrogens (tertiary/aromatic N) is 1. The summed E-state index contributed by atoms with van der Waals surface area (Å²) in [4.78, 5) is 4.36. The minimum atomic E-state index is -0.987. The molecule has 0 aliphatic heterocycles. The van der Waals surface area contributed by atoms with Gasteiger partial charge in [-0.1, -0.05) is 26.2 Å². The molecule has 0 bridgehead atoms. The van der Waals surface area contributed by atoms with E-state index in [0.717, 1.165) is 30.0 Å². The van der Waals surface area contributed by atoms with E-state index in [4.69, 9.17) is 9.47 Å². The first-order valence-electron chi connectivity index (χ1n) is 8.65. The lowest BCUT2D eigenvalue weighted by Crippen LogP contribution is -2.08. The van der Waals surface area contributed by atoms with Crippen molar-refractivity contribution in [2.24, 2.45) is 0 Å². The van der Waals surface area contributed by atoms with Gasteiger partial charge >= 0.3 is 0 Å². The summed E-state index contributed by atoms with van der Waals surface area (Å²) >= 11 is 0. The van der Waals surface area contributed by atoms with Crippen LogP contribution >= 0.6 is 0 Å². The molecule has 1 atom stereocenters. The van der Waals surface area contributed by atoms with Gasteiger partial charge in [0.15, 0.2) is 0 Å². The van der Waals surface area contributed by atoms with Crippen LogP contribution in [0, 0.1) is 0 Å². The first-order valence-corrected chi connectivity index (χ1v) is 8.65. The molecule has 1 unspecified atom stereocenters. The van der Waals surface area contributed by atoms with Gasteiger partial charge in [0, 0.05) is 5.56 Å². The van der Waals surface area contributed by atoms with E-state index < -0.39 is 6.17 Å². The molecule has 2 rings (SSSR count). The van der Waals surface area contributed by atoms with Gasteiger partial charge in [-0.2, -0.15) is 0 Å². The minimum absolute atomic E-state index is 0.0469. The van der Waals surface area contributed by atoms with Gasteiger partial charge in [0.1, 0.15) is 24.3 Å². The van der Waals surface area contributed by atoms with Gasteiger partial charge in [-0.15, -0.1) is 0 Å². The molecule has 1 heterocycles. The second-order valence-electron chi connectivity index (χ2n) is 5.90. The summed E-state index contributed by atoms with van der Waals surface area (Å²) in [6, 6.07) is 11.6. The Kier molecular flexibility index (Phi) is 7.53. The molecule has 3 nitrogen and oxygen atoms in total. The second-order valence-corrected chi connectivity index (χ2v) is 5.90. The molecule has 0 aliphatic rings. The fraction of sp³-hybridized carbons (Fsp3) is 0.450. The molecule has 2 aromatic rings. The molecule has 0 aliphatic carbocycles. The Labute approximate surface area is 143 Å². The first kappa shape index (κ1) is 18.2. The van der Waals surface area contributed by atoms with Crippen molar-refractivity contribution in [3.05, 3.63) is 42.6 Å². The van der Waals surface area contributed by atoms with Crippen molar-refractivity contribution in [1.82, 2.24) is 4.98 Å². The van der Waals surface area contributed by atoms with Gasteiger partial charge in [-0.25, -0.2) is 4.39 Å². The number of benzene rings is 1. The summed E-state index contributed by atoms with van der Waals surface area (Å²) in [5, 5.41) is 0. The topological polar surface area (TPSA) is 31.4 Å². The van der Waals surface area contributed by atoms with Gasteiger partial charge in [-0.3, -0.25) is 4.98 Å². The fourth-order valence-electron chi connectivity index (χ4n) is 2.29. The van der Waals surface area contributed by atoms with Gasteiger partial charge in [0.05, 0.1) is 18.5 Å². The molecular weight excluding hydrogens is 305 g/mol. The Morgan fingerprint density at radius 1 is 0.958 bits per heavy atom. The van der Waals surface area contributed by atoms with E-state index in [1.807, 2.05) is 36.4 Å². The van der Waals surface area contributed by atoms with E-state index in [-0.39, 0.29) is 6.61 Å². The third kappa shape index (κ3) is 6.19. The van der Waals surface area contributed by atoms with E-state index in [1.165, 1.54) is 26.2 Å². The molecule has 0 fully saturated rings. The summed E-state index contributed by atoms with van der Waals surface area (Å²) < 4.78 is 23.8. The summed E-state index contributed by atoms with van der Waals surface area (Å²) in [5.74, 6) is 1.46. The van der Waals surface area contributed by atoms with E-state index in [0.29, 0.717) is 5.75 Å². The largest absolute Gasteiger partial charge is 0.494 e. The van der Waals surface area contributed by atoms with Gasteiger partial charge in [0.2, 0.25) is 0 Å². The van der Waals surface area contributed by atoms with Crippen LogP contribution in [0.3, 0.4) is 0 Å². The zero-order valence-corrected chi connectivity index (χ0v) is 14.5. The monoisotopic (exact) mass is 331 g/mol. The molecule has 0 N–H and O–H groups in total. The van der Waals surface area contributed by atoms with Crippen molar-refractivity contribution < 1.29 is 13.9 Å². The number of ether oxygens (including phenoxy) is 2. The average Bonchev–Trinajstić information content (AvgIpc) is 2.61. The van der Waals surface area contributed by atoms with Crippen LogP contribution in [0.4, 0.5) is 4.39 Å². The summed E-state index contributed by atoms with van der Waals surface area (Å²) in [6.07, 6.45) is 5.44. The van der Waals surface area contributed by atoms with Crippen molar-refractivity contribution in [1.29, 1.82) is 0 Å². The predicted octanol–water partition coefficient (Wildman–Crippen LogP) is 5.44. The van der Waals surface area contributed by atoms with Crippen LogP contribution < -0.4 is 9.47 Å². The highest BCUT2D eigenvalue weighted by molar-refractivity contribution is 5.60. The lowest BCUT2D eigenvalue weighted by Gasteiger charge is -2.08. The molecule has 1 aromatic heterocycles. The number of hydrogen-bond donors (Lipinski definition) is 0. The summed E-state index contributed by atoms with van der Waals surface area (Å²) in [7, 11) is 0. The lowest BCUT2D eigenvalue weighted by atomic mass is 10.1. The van der Waals surface area contributed by atoms with Crippen LogP contribution in [0.5, 0.6) is 11.5 Å².